The Morgan fingerprint density at radius 3 is 2.38 bits per heavy atom. The van der Waals surface area contributed by atoms with Gasteiger partial charge in [0, 0.05) is 13.6 Å². The third kappa shape index (κ3) is 3.75. The van der Waals surface area contributed by atoms with E-state index in [2.05, 4.69) is 0 Å². The number of hydrogen-bond donors (Lipinski definition) is 1. The first kappa shape index (κ1) is 16.3. The van der Waals surface area contributed by atoms with Crippen LogP contribution in [-0.2, 0) is 10.0 Å². The van der Waals surface area contributed by atoms with Crippen LogP contribution in [0.5, 0.6) is 5.75 Å². The normalized spacial score (nSPS) is 18.1. The van der Waals surface area contributed by atoms with E-state index in [-0.39, 0.29) is 11.8 Å². The number of aliphatic hydroxyl groups is 1. The van der Waals surface area contributed by atoms with Crippen LogP contribution >= 0.6 is 0 Å². The molecule has 0 saturated heterocycles. The maximum Gasteiger partial charge on any atom is 0.216 e. The number of likely N-dealkylation sites (N-methyl/N-ethyl adjacent to an activating group) is 1. The lowest BCUT2D eigenvalue weighted by Gasteiger charge is -2.24. The number of sulfonamides is 1. The maximum absolute atomic E-state index is 12.4. The highest BCUT2D eigenvalue weighted by Crippen LogP contribution is 2.27. The third-order valence-corrected chi connectivity index (χ3v) is 6.42. The van der Waals surface area contributed by atoms with E-state index in [1.165, 1.54) is 4.31 Å². The molecule has 1 aromatic rings. The van der Waals surface area contributed by atoms with Crippen molar-refractivity contribution in [2.75, 3.05) is 20.7 Å². The molecule has 0 bridgehead atoms. The minimum Gasteiger partial charge on any atom is -0.497 e. The number of benzene rings is 1. The summed E-state index contributed by atoms with van der Waals surface area (Å²) in [6, 6.07) is 7.01. The molecule has 0 aromatic heterocycles. The van der Waals surface area contributed by atoms with Crippen molar-refractivity contribution in [3.05, 3.63) is 29.8 Å². The van der Waals surface area contributed by atoms with Gasteiger partial charge in [0.15, 0.2) is 0 Å². The molecular weight excluding hydrogens is 290 g/mol. The van der Waals surface area contributed by atoms with Crippen molar-refractivity contribution in [3.63, 3.8) is 0 Å². The van der Waals surface area contributed by atoms with E-state index in [0.717, 1.165) is 25.7 Å². The van der Waals surface area contributed by atoms with E-state index in [1.807, 2.05) is 0 Å². The average molecular weight is 313 g/mol. The summed E-state index contributed by atoms with van der Waals surface area (Å²) in [6.07, 6.45) is 2.56. The molecule has 0 radical (unpaired) electrons. The first-order chi connectivity index (χ1) is 9.95. The van der Waals surface area contributed by atoms with Gasteiger partial charge in [-0.2, -0.15) is 0 Å². The first-order valence-corrected chi connectivity index (χ1v) is 8.72. The molecule has 1 aliphatic carbocycles. The average Bonchev–Trinajstić information content (AvgIpc) is 3.02. The van der Waals surface area contributed by atoms with Crippen molar-refractivity contribution >= 4 is 10.0 Å². The lowest BCUT2D eigenvalue weighted by atomic mass is 10.1. The highest BCUT2D eigenvalue weighted by atomic mass is 32.2. The summed E-state index contributed by atoms with van der Waals surface area (Å²) in [7, 11) is -0.187. The Morgan fingerprint density at radius 2 is 1.86 bits per heavy atom. The fraction of sp³-hybridized carbons (Fsp3) is 0.600. The molecule has 5 nitrogen and oxygen atoms in total. The molecule has 0 amide bonds. The summed E-state index contributed by atoms with van der Waals surface area (Å²) >= 11 is 0. The predicted molar refractivity (Wildman–Crippen MR) is 81.8 cm³/mol. The van der Waals surface area contributed by atoms with Crippen molar-refractivity contribution in [3.8, 4) is 5.75 Å². The van der Waals surface area contributed by atoms with Crippen LogP contribution in [0.1, 0.15) is 37.4 Å². The minimum absolute atomic E-state index is 0.0746. The van der Waals surface area contributed by atoms with E-state index in [1.54, 1.807) is 38.4 Å². The van der Waals surface area contributed by atoms with Crippen LogP contribution in [0.3, 0.4) is 0 Å². The highest BCUT2D eigenvalue weighted by Gasteiger charge is 2.33. The maximum atomic E-state index is 12.4. The van der Waals surface area contributed by atoms with Gasteiger partial charge < -0.3 is 9.84 Å². The van der Waals surface area contributed by atoms with Crippen molar-refractivity contribution in [2.45, 2.75) is 37.0 Å². The van der Waals surface area contributed by atoms with E-state index in [0.29, 0.717) is 11.3 Å². The molecule has 1 atom stereocenters. The van der Waals surface area contributed by atoms with Gasteiger partial charge in [0.25, 0.3) is 0 Å². The standard InChI is InChI=1S/C15H23NO4S/c1-16(21(18,19)14-5-3-4-6-14)11-15(17)12-7-9-13(20-2)10-8-12/h7-10,14-15,17H,3-6,11H2,1-2H3. The van der Waals surface area contributed by atoms with Crippen molar-refractivity contribution < 1.29 is 18.3 Å². The fourth-order valence-electron chi connectivity index (χ4n) is 2.72. The summed E-state index contributed by atoms with van der Waals surface area (Å²) in [6.45, 7) is 0.0746. The van der Waals surface area contributed by atoms with Crippen molar-refractivity contribution in [2.24, 2.45) is 0 Å². The molecular formula is C15H23NO4S. The third-order valence-electron chi connectivity index (χ3n) is 4.09. The van der Waals surface area contributed by atoms with E-state index >= 15 is 0 Å². The Labute approximate surface area is 126 Å². The number of ether oxygens (including phenoxy) is 1. The van der Waals surface area contributed by atoms with Gasteiger partial charge in [-0.05, 0) is 30.5 Å². The summed E-state index contributed by atoms with van der Waals surface area (Å²) in [5.74, 6) is 0.706. The van der Waals surface area contributed by atoms with Gasteiger partial charge in [0.1, 0.15) is 5.75 Å². The monoisotopic (exact) mass is 313 g/mol. The van der Waals surface area contributed by atoms with Crippen LogP contribution < -0.4 is 4.74 Å². The lowest BCUT2D eigenvalue weighted by molar-refractivity contribution is 0.154. The van der Waals surface area contributed by atoms with Crippen molar-refractivity contribution in [1.29, 1.82) is 0 Å². The second-order valence-corrected chi connectivity index (χ2v) is 7.84. The topological polar surface area (TPSA) is 66.8 Å². The van der Waals surface area contributed by atoms with Gasteiger partial charge in [-0.15, -0.1) is 0 Å². The zero-order valence-corrected chi connectivity index (χ0v) is 13.3. The molecule has 2 rings (SSSR count). The second-order valence-electron chi connectivity index (χ2n) is 5.52. The van der Waals surface area contributed by atoms with E-state index in [4.69, 9.17) is 4.74 Å². The molecule has 1 N–H and O–H groups in total. The van der Waals surface area contributed by atoms with Crippen molar-refractivity contribution in [1.82, 2.24) is 4.31 Å². The van der Waals surface area contributed by atoms with Gasteiger partial charge in [-0.25, -0.2) is 12.7 Å². The molecule has 1 aromatic carbocycles. The lowest BCUT2D eigenvalue weighted by Crippen LogP contribution is -2.37. The van der Waals surface area contributed by atoms with Gasteiger partial charge in [0.05, 0.1) is 18.5 Å². The van der Waals surface area contributed by atoms with Crippen LogP contribution in [0.4, 0.5) is 0 Å². The largest absolute Gasteiger partial charge is 0.497 e. The molecule has 0 heterocycles. The molecule has 0 aliphatic heterocycles. The van der Waals surface area contributed by atoms with Gasteiger partial charge >= 0.3 is 0 Å². The Bertz CT molecular complexity index is 550. The van der Waals surface area contributed by atoms with Crippen LogP contribution in [0.15, 0.2) is 24.3 Å². The summed E-state index contributed by atoms with van der Waals surface area (Å²) in [4.78, 5) is 0. The predicted octanol–water partition coefficient (Wildman–Crippen LogP) is 1.93. The molecule has 1 fully saturated rings. The highest BCUT2D eigenvalue weighted by molar-refractivity contribution is 7.89. The molecule has 0 spiro atoms. The fourth-order valence-corrected chi connectivity index (χ4v) is 4.51. The van der Waals surface area contributed by atoms with Crippen LogP contribution in [0.25, 0.3) is 0 Å². The number of hydrogen-bond acceptors (Lipinski definition) is 4. The summed E-state index contributed by atoms with van der Waals surface area (Å²) < 4.78 is 31.1. The molecule has 1 saturated carbocycles. The van der Waals surface area contributed by atoms with Crippen LogP contribution in [0, 0.1) is 0 Å². The quantitative estimate of drug-likeness (QED) is 0.871. The summed E-state index contributed by atoms with van der Waals surface area (Å²) in [5.41, 5.74) is 0.685. The Morgan fingerprint density at radius 1 is 1.29 bits per heavy atom. The first-order valence-electron chi connectivity index (χ1n) is 7.22. The molecule has 6 heteroatoms. The second kappa shape index (κ2) is 6.77. The van der Waals surface area contributed by atoms with E-state index in [9.17, 15) is 13.5 Å². The van der Waals surface area contributed by atoms with Gasteiger partial charge in [-0.3, -0.25) is 0 Å². The molecule has 21 heavy (non-hydrogen) atoms. The minimum atomic E-state index is -3.31. The Hall–Kier alpha value is -1.11. The summed E-state index contributed by atoms with van der Waals surface area (Å²) in [5, 5.41) is 9.93. The number of nitrogens with zero attached hydrogens (tertiary/aromatic N) is 1. The Balaban J connectivity index is 2.02. The zero-order valence-electron chi connectivity index (χ0n) is 12.5. The van der Waals surface area contributed by atoms with E-state index < -0.39 is 16.1 Å². The van der Waals surface area contributed by atoms with Gasteiger partial charge in [-0.1, -0.05) is 25.0 Å². The van der Waals surface area contributed by atoms with Crippen LogP contribution in [0.2, 0.25) is 0 Å². The molecule has 118 valence electrons. The number of rotatable bonds is 6. The molecule has 1 unspecified atom stereocenters. The number of methoxy groups -OCH3 is 1. The molecule has 1 aliphatic rings. The Kier molecular flexibility index (Phi) is 5.24. The smallest absolute Gasteiger partial charge is 0.216 e. The number of aliphatic hydroxyl groups excluding tert-OH is 1. The van der Waals surface area contributed by atoms with Crippen LogP contribution in [-0.4, -0.2) is 43.8 Å². The SMILES string of the molecule is COc1ccc(C(O)CN(C)S(=O)(=O)C2CCCC2)cc1. The van der Waals surface area contributed by atoms with Gasteiger partial charge in [0.2, 0.25) is 10.0 Å². The zero-order chi connectivity index (χ0) is 15.5.